The lowest BCUT2D eigenvalue weighted by atomic mass is 10.0. The lowest BCUT2D eigenvalue weighted by molar-refractivity contribution is 0.0703. The van der Waals surface area contributed by atoms with Crippen molar-refractivity contribution in [2.24, 2.45) is 0 Å². The van der Waals surface area contributed by atoms with E-state index in [0.29, 0.717) is 27.5 Å². The number of Topliss-reactive ketones (excluding diaryl/α,β-unsaturated/α-hetero) is 1. The van der Waals surface area contributed by atoms with Crippen LogP contribution in [0.2, 0.25) is 5.02 Å². The summed E-state index contributed by atoms with van der Waals surface area (Å²) in [6, 6.07) is 19.2. The molecule has 0 aliphatic carbocycles. The molecule has 0 bridgehead atoms. The molecule has 0 spiro atoms. The first-order valence-corrected chi connectivity index (χ1v) is 9.91. The van der Waals surface area contributed by atoms with Gasteiger partial charge in [-0.15, -0.1) is 0 Å². The number of halogens is 1. The van der Waals surface area contributed by atoms with Crippen LogP contribution in [0.25, 0.3) is 17.0 Å². The largest absolute Gasteiger partial charge is 0.452 e. The third-order valence-corrected chi connectivity index (χ3v) is 5.16. The Bertz CT molecular complexity index is 1360. The van der Waals surface area contributed by atoms with E-state index < -0.39 is 5.97 Å². The molecular weight excluding hydrogens is 416 g/mol. The molecule has 0 amide bonds. The molecule has 5 rings (SSSR count). The van der Waals surface area contributed by atoms with Crippen molar-refractivity contribution >= 4 is 40.4 Å². The van der Waals surface area contributed by atoms with Crippen molar-refractivity contribution in [2.75, 3.05) is 0 Å². The van der Waals surface area contributed by atoms with E-state index in [2.05, 4.69) is 0 Å². The lowest BCUT2D eigenvalue weighted by Gasteiger charge is -2.06. The standard InChI is InChI=1S/C25H15ClO5/c1-14-9-18(29-25(28)22-12-16-6-2-3-8-19(16)30-22)13-20-23(14)24(27)21(31-20)11-15-5-4-7-17(26)10-15/h2-13H,1H3/b21-11-. The minimum Gasteiger partial charge on any atom is -0.452 e. The maximum Gasteiger partial charge on any atom is 0.379 e. The zero-order chi connectivity index (χ0) is 21.5. The van der Waals surface area contributed by atoms with Gasteiger partial charge in [-0.25, -0.2) is 4.79 Å². The number of para-hydroxylation sites is 1. The van der Waals surface area contributed by atoms with E-state index in [1.165, 1.54) is 6.07 Å². The second-order valence-corrected chi connectivity index (χ2v) is 7.58. The molecule has 0 unspecified atom stereocenters. The highest BCUT2D eigenvalue weighted by molar-refractivity contribution is 6.30. The van der Waals surface area contributed by atoms with Crippen LogP contribution >= 0.6 is 11.6 Å². The number of hydrogen-bond acceptors (Lipinski definition) is 5. The summed E-state index contributed by atoms with van der Waals surface area (Å²) in [5, 5.41) is 1.37. The fourth-order valence-corrected chi connectivity index (χ4v) is 3.72. The maximum atomic E-state index is 12.8. The lowest BCUT2D eigenvalue weighted by Crippen LogP contribution is -2.07. The predicted octanol–water partition coefficient (Wildman–Crippen LogP) is 6.23. The number of carbonyl (C=O) groups excluding carboxylic acids is 2. The van der Waals surface area contributed by atoms with Crippen LogP contribution in [-0.4, -0.2) is 11.8 Å². The average Bonchev–Trinajstić information content (AvgIpc) is 3.30. The number of carbonyl (C=O) groups is 2. The summed E-state index contributed by atoms with van der Waals surface area (Å²) in [6.45, 7) is 1.76. The van der Waals surface area contributed by atoms with Gasteiger partial charge in [0.25, 0.3) is 0 Å². The van der Waals surface area contributed by atoms with Crippen molar-refractivity contribution in [1.29, 1.82) is 0 Å². The molecule has 0 atom stereocenters. The van der Waals surface area contributed by atoms with Crippen LogP contribution in [0.15, 0.2) is 76.9 Å². The van der Waals surface area contributed by atoms with Gasteiger partial charge in [-0.05, 0) is 54.5 Å². The normalized spacial score (nSPS) is 14.0. The van der Waals surface area contributed by atoms with Gasteiger partial charge in [0.05, 0.1) is 5.56 Å². The Hall–Kier alpha value is -3.83. The summed E-state index contributed by atoms with van der Waals surface area (Å²) in [7, 11) is 0. The molecule has 0 N–H and O–H groups in total. The van der Waals surface area contributed by atoms with E-state index in [9.17, 15) is 9.59 Å². The average molecular weight is 431 g/mol. The Labute approximate surface area is 182 Å². The van der Waals surface area contributed by atoms with E-state index in [1.807, 2.05) is 24.3 Å². The van der Waals surface area contributed by atoms with E-state index in [4.69, 9.17) is 25.5 Å². The molecule has 1 aliphatic heterocycles. The SMILES string of the molecule is Cc1cc(OC(=O)c2cc3ccccc3o2)cc2c1C(=O)/C(=C/c1cccc(Cl)c1)O2. The van der Waals surface area contributed by atoms with E-state index >= 15 is 0 Å². The van der Waals surface area contributed by atoms with Crippen molar-refractivity contribution in [3.63, 3.8) is 0 Å². The fourth-order valence-electron chi connectivity index (χ4n) is 3.52. The van der Waals surface area contributed by atoms with Gasteiger partial charge >= 0.3 is 5.97 Å². The molecule has 0 saturated carbocycles. The Morgan fingerprint density at radius 2 is 1.87 bits per heavy atom. The van der Waals surface area contributed by atoms with Crippen LogP contribution in [0.4, 0.5) is 0 Å². The molecule has 0 fully saturated rings. The topological polar surface area (TPSA) is 65.7 Å². The molecule has 2 heterocycles. The van der Waals surface area contributed by atoms with Crippen LogP contribution in [0.5, 0.6) is 11.5 Å². The molecule has 152 valence electrons. The number of ketones is 1. The zero-order valence-corrected chi connectivity index (χ0v) is 17.1. The third-order valence-electron chi connectivity index (χ3n) is 4.93. The van der Waals surface area contributed by atoms with Crippen LogP contribution in [0.1, 0.15) is 32.0 Å². The number of rotatable bonds is 3. The second kappa shape index (κ2) is 7.45. The van der Waals surface area contributed by atoms with E-state index in [-0.39, 0.29) is 23.1 Å². The van der Waals surface area contributed by atoms with Gasteiger partial charge in [-0.1, -0.05) is 41.9 Å². The summed E-state index contributed by atoms with van der Waals surface area (Å²) in [6.07, 6.45) is 1.63. The highest BCUT2D eigenvalue weighted by Crippen LogP contribution is 2.38. The molecule has 6 heteroatoms. The molecule has 1 aliphatic rings. The Morgan fingerprint density at radius 3 is 2.68 bits per heavy atom. The number of esters is 1. The first-order valence-electron chi connectivity index (χ1n) is 9.53. The number of hydrogen-bond donors (Lipinski definition) is 0. The van der Waals surface area contributed by atoms with Gasteiger partial charge < -0.3 is 13.9 Å². The Morgan fingerprint density at radius 1 is 1.03 bits per heavy atom. The maximum absolute atomic E-state index is 12.8. The van der Waals surface area contributed by atoms with Crippen molar-refractivity contribution in [3.05, 3.63) is 100.0 Å². The Balaban J connectivity index is 1.42. The van der Waals surface area contributed by atoms with Crippen molar-refractivity contribution in [2.45, 2.75) is 6.92 Å². The van der Waals surface area contributed by atoms with E-state index in [1.54, 1.807) is 49.4 Å². The smallest absolute Gasteiger partial charge is 0.379 e. The summed E-state index contributed by atoms with van der Waals surface area (Å²) in [4.78, 5) is 25.4. The molecular formula is C25H15ClO5. The van der Waals surface area contributed by atoms with Crippen molar-refractivity contribution < 1.29 is 23.5 Å². The van der Waals surface area contributed by atoms with Crippen LogP contribution in [0, 0.1) is 6.92 Å². The van der Waals surface area contributed by atoms with Gasteiger partial charge in [0.1, 0.15) is 17.1 Å². The van der Waals surface area contributed by atoms with E-state index in [0.717, 1.165) is 10.9 Å². The highest BCUT2D eigenvalue weighted by atomic mass is 35.5. The second-order valence-electron chi connectivity index (χ2n) is 7.15. The number of allylic oxidation sites excluding steroid dienone is 1. The summed E-state index contributed by atoms with van der Waals surface area (Å²) in [5.74, 6) is 0.0143. The van der Waals surface area contributed by atoms with Crippen molar-refractivity contribution in [1.82, 2.24) is 0 Å². The molecule has 5 nitrogen and oxygen atoms in total. The summed E-state index contributed by atoms with van der Waals surface area (Å²) in [5.41, 5.74) is 2.43. The van der Waals surface area contributed by atoms with Gasteiger partial charge in [0.15, 0.2) is 5.76 Å². The first kappa shape index (κ1) is 19.2. The number of aryl methyl sites for hydroxylation is 1. The molecule has 3 aromatic carbocycles. The van der Waals surface area contributed by atoms with Gasteiger partial charge in [-0.3, -0.25) is 4.79 Å². The monoisotopic (exact) mass is 430 g/mol. The molecule has 31 heavy (non-hydrogen) atoms. The number of fused-ring (bicyclic) bond motifs is 2. The third kappa shape index (κ3) is 3.60. The number of ether oxygens (including phenoxy) is 2. The first-order chi connectivity index (χ1) is 15.0. The van der Waals surface area contributed by atoms with Crippen LogP contribution < -0.4 is 9.47 Å². The highest BCUT2D eigenvalue weighted by Gasteiger charge is 2.30. The summed E-state index contributed by atoms with van der Waals surface area (Å²) < 4.78 is 16.8. The predicted molar refractivity (Wildman–Crippen MR) is 117 cm³/mol. The fraction of sp³-hybridized carbons (Fsp3) is 0.0400. The number of furan rings is 1. The minimum absolute atomic E-state index is 0.0953. The molecule has 0 radical (unpaired) electrons. The van der Waals surface area contributed by atoms with Crippen molar-refractivity contribution in [3.8, 4) is 11.5 Å². The van der Waals surface area contributed by atoms with Gasteiger partial charge in [0, 0.05) is 16.5 Å². The Kier molecular flexibility index (Phi) is 4.60. The van der Waals surface area contributed by atoms with Gasteiger partial charge in [0.2, 0.25) is 11.5 Å². The molecule has 1 aromatic heterocycles. The summed E-state index contributed by atoms with van der Waals surface area (Å²) >= 11 is 6.02. The van der Waals surface area contributed by atoms with Gasteiger partial charge in [-0.2, -0.15) is 0 Å². The number of benzene rings is 3. The molecule has 0 saturated heterocycles. The quantitative estimate of drug-likeness (QED) is 0.219. The van der Waals surface area contributed by atoms with Crippen LogP contribution in [0.3, 0.4) is 0 Å². The van der Waals surface area contributed by atoms with Crippen LogP contribution in [-0.2, 0) is 0 Å². The molecule has 4 aromatic rings. The zero-order valence-electron chi connectivity index (χ0n) is 16.3. The minimum atomic E-state index is -0.630.